The Morgan fingerprint density at radius 2 is 1.84 bits per heavy atom. The van der Waals surface area contributed by atoms with Crippen LogP contribution in [0.15, 0.2) is 11.6 Å². The third kappa shape index (κ3) is 2.69. The van der Waals surface area contributed by atoms with E-state index in [2.05, 4.69) is 40.7 Å². The minimum absolute atomic E-state index is 0.0101. The summed E-state index contributed by atoms with van der Waals surface area (Å²) in [5, 5.41) is 22.8. The zero-order chi connectivity index (χ0) is 22.8. The zero-order valence-electron chi connectivity index (χ0n) is 20.1. The molecule has 0 aromatic carbocycles. The second kappa shape index (κ2) is 7.71. The summed E-state index contributed by atoms with van der Waals surface area (Å²) in [6.45, 7) is 10.8. The van der Waals surface area contributed by atoms with Gasteiger partial charge in [0.25, 0.3) is 0 Å². The highest BCUT2D eigenvalue weighted by Gasteiger charge is 2.85. The highest BCUT2D eigenvalue weighted by molar-refractivity contribution is 5.90. The Morgan fingerprint density at radius 1 is 1.16 bits per heavy atom. The Labute approximate surface area is 187 Å². The average molecular weight is 431 g/mol. The molecule has 3 fully saturated rings. The Morgan fingerprint density at radius 3 is 2.42 bits per heavy atom. The van der Waals surface area contributed by atoms with E-state index < -0.39 is 28.3 Å². The predicted octanol–water partition coefficient (Wildman–Crippen LogP) is 5.49. The normalized spacial score (nSPS) is 43.9. The molecule has 0 saturated heterocycles. The van der Waals surface area contributed by atoms with Crippen LogP contribution in [-0.4, -0.2) is 28.6 Å². The highest BCUT2D eigenvalue weighted by atomic mass is 16.4. The van der Waals surface area contributed by atoms with E-state index in [1.807, 2.05) is 0 Å². The van der Waals surface area contributed by atoms with Crippen LogP contribution in [0.4, 0.5) is 0 Å². The number of carbonyl (C=O) groups is 2. The number of carbonyl (C=O) groups excluding carboxylic acids is 1. The van der Waals surface area contributed by atoms with Crippen molar-refractivity contribution in [1.82, 2.24) is 0 Å². The standard InChI is InChI=1S/C27H42O4/c1-16(2)8-6-7-9-23(29)26-14-20-18(5)10-11-21(20)25(15-28)13-19(26)12-22(17(3)4)27(25,26)24(30)31/h12,15-21,23,29H,6-11,13-14H2,1-5H3,(H,30,31)/t18-,19?,20-,21-,23?,25?,26?,27?/m1/s1. The Balaban J connectivity index is 1.83. The summed E-state index contributed by atoms with van der Waals surface area (Å²) in [4.78, 5) is 26.3. The van der Waals surface area contributed by atoms with E-state index in [4.69, 9.17) is 0 Å². The Bertz CT molecular complexity index is 769. The lowest BCUT2D eigenvalue weighted by Gasteiger charge is -2.59. The fourth-order valence-electron chi connectivity index (χ4n) is 9.02. The van der Waals surface area contributed by atoms with Gasteiger partial charge in [-0.1, -0.05) is 72.0 Å². The lowest BCUT2D eigenvalue weighted by Crippen LogP contribution is -2.65. The summed E-state index contributed by atoms with van der Waals surface area (Å²) in [7, 11) is 0. The van der Waals surface area contributed by atoms with E-state index in [1.165, 1.54) is 0 Å². The summed E-state index contributed by atoms with van der Waals surface area (Å²) in [5.74, 6) is 0.780. The number of aliphatic carboxylic acids is 1. The van der Waals surface area contributed by atoms with Gasteiger partial charge in [0.15, 0.2) is 0 Å². The van der Waals surface area contributed by atoms with E-state index in [1.54, 1.807) is 0 Å². The molecule has 4 aliphatic rings. The molecule has 4 heteroatoms. The van der Waals surface area contributed by atoms with Gasteiger partial charge in [0.1, 0.15) is 11.7 Å². The van der Waals surface area contributed by atoms with Gasteiger partial charge in [-0.2, -0.15) is 0 Å². The quantitative estimate of drug-likeness (QED) is 0.288. The van der Waals surface area contributed by atoms with Crippen LogP contribution in [0.25, 0.3) is 0 Å². The van der Waals surface area contributed by atoms with Crippen molar-refractivity contribution in [2.45, 2.75) is 92.1 Å². The van der Waals surface area contributed by atoms with Gasteiger partial charge in [-0.25, -0.2) is 0 Å². The van der Waals surface area contributed by atoms with Crippen molar-refractivity contribution in [2.24, 2.45) is 51.8 Å². The molecular weight excluding hydrogens is 388 g/mol. The second-order valence-corrected chi connectivity index (χ2v) is 12.1. The molecule has 0 radical (unpaired) electrons. The zero-order valence-corrected chi connectivity index (χ0v) is 20.1. The largest absolute Gasteiger partial charge is 0.481 e. The second-order valence-electron chi connectivity index (χ2n) is 12.1. The lowest BCUT2D eigenvalue weighted by atomic mass is 9.41. The minimum Gasteiger partial charge on any atom is -0.481 e. The molecule has 5 unspecified atom stereocenters. The smallest absolute Gasteiger partial charge is 0.315 e. The lowest BCUT2D eigenvalue weighted by molar-refractivity contribution is -0.194. The number of rotatable bonds is 9. The van der Waals surface area contributed by atoms with Crippen molar-refractivity contribution in [1.29, 1.82) is 0 Å². The van der Waals surface area contributed by atoms with Crippen molar-refractivity contribution >= 4 is 12.3 Å². The monoisotopic (exact) mass is 430 g/mol. The molecule has 4 nitrogen and oxygen atoms in total. The van der Waals surface area contributed by atoms with Crippen LogP contribution in [0.1, 0.15) is 86.0 Å². The van der Waals surface area contributed by atoms with Gasteiger partial charge in [0, 0.05) is 5.41 Å². The average Bonchev–Trinajstić information content (AvgIpc) is 3.28. The van der Waals surface area contributed by atoms with Gasteiger partial charge in [0.05, 0.1) is 11.5 Å². The highest BCUT2D eigenvalue weighted by Crippen LogP contribution is 2.83. The topological polar surface area (TPSA) is 74.6 Å². The first kappa shape index (κ1) is 23.0. The summed E-state index contributed by atoms with van der Waals surface area (Å²) < 4.78 is 0. The first-order valence-corrected chi connectivity index (χ1v) is 12.7. The van der Waals surface area contributed by atoms with Gasteiger partial charge in [-0.15, -0.1) is 0 Å². The number of carboxylic acids is 1. The van der Waals surface area contributed by atoms with Gasteiger partial charge in [-0.05, 0) is 61.2 Å². The molecule has 3 saturated carbocycles. The molecule has 4 aliphatic carbocycles. The number of hydrogen-bond acceptors (Lipinski definition) is 3. The number of unbranched alkanes of at least 4 members (excludes halogenated alkanes) is 1. The molecule has 4 bridgehead atoms. The minimum atomic E-state index is -1.25. The molecule has 8 atom stereocenters. The summed E-state index contributed by atoms with van der Waals surface area (Å²) in [5.41, 5.74) is -1.94. The molecule has 0 aromatic heterocycles. The molecule has 0 spiro atoms. The number of fused-ring (bicyclic) bond motifs is 2. The summed E-state index contributed by atoms with van der Waals surface area (Å²) >= 11 is 0. The van der Waals surface area contributed by atoms with E-state index in [9.17, 15) is 19.8 Å². The Kier molecular flexibility index (Phi) is 5.72. The van der Waals surface area contributed by atoms with Gasteiger partial charge >= 0.3 is 5.97 Å². The maximum Gasteiger partial charge on any atom is 0.315 e. The van der Waals surface area contributed by atoms with E-state index in [0.717, 1.165) is 50.4 Å². The maximum atomic E-state index is 13.4. The fraction of sp³-hybridized carbons (Fsp3) is 0.852. The molecule has 31 heavy (non-hydrogen) atoms. The molecule has 174 valence electrons. The number of allylic oxidation sites excluding steroid dienone is 1. The molecule has 2 N–H and O–H groups in total. The van der Waals surface area contributed by atoms with Crippen LogP contribution < -0.4 is 0 Å². The van der Waals surface area contributed by atoms with Crippen LogP contribution in [0.3, 0.4) is 0 Å². The van der Waals surface area contributed by atoms with Gasteiger partial charge in [-0.3, -0.25) is 4.79 Å². The number of hydrogen-bond donors (Lipinski definition) is 2. The van der Waals surface area contributed by atoms with Crippen LogP contribution >= 0.6 is 0 Å². The number of aliphatic hydroxyl groups excluding tert-OH is 1. The van der Waals surface area contributed by atoms with Crippen molar-refractivity contribution in [3.8, 4) is 0 Å². The van der Waals surface area contributed by atoms with E-state index in [-0.39, 0.29) is 17.8 Å². The molecule has 0 aromatic rings. The van der Waals surface area contributed by atoms with Crippen molar-refractivity contribution in [3.63, 3.8) is 0 Å². The number of carboxylic acid groups (broad SMARTS) is 1. The first-order valence-electron chi connectivity index (χ1n) is 12.7. The number of aldehydes is 1. The van der Waals surface area contributed by atoms with Crippen LogP contribution in [0.2, 0.25) is 0 Å². The van der Waals surface area contributed by atoms with E-state index >= 15 is 0 Å². The summed E-state index contributed by atoms with van der Waals surface area (Å²) in [6.07, 6.45) is 9.66. The predicted molar refractivity (Wildman–Crippen MR) is 121 cm³/mol. The molecule has 4 rings (SSSR count). The van der Waals surface area contributed by atoms with Crippen LogP contribution in [0.5, 0.6) is 0 Å². The molecule has 0 heterocycles. The number of aliphatic hydroxyl groups is 1. The van der Waals surface area contributed by atoms with Crippen LogP contribution in [0, 0.1) is 51.8 Å². The Hall–Kier alpha value is -1.16. The van der Waals surface area contributed by atoms with Crippen molar-refractivity contribution < 1.29 is 19.8 Å². The van der Waals surface area contributed by atoms with Crippen LogP contribution in [-0.2, 0) is 9.59 Å². The first-order chi connectivity index (χ1) is 14.6. The fourth-order valence-corrected chi connectivity index (χ4v) is 9.02. The summed E-state index contributed by atoms with van der Waals surface area (Å²) in [6, 6.07) is 0. The molecule has 0 aliphatic heterocycles. The third-order valence-corrected chi connectivity index (χ3v) is 10.1. The van der Waals surface area contributed by atoms with Gasteiger partial charge < -0.3 is 15.0 Å². The molecule has 0 amide bonds. The third-order valence-electron chi connectivity index (χ3n) is 10.1. The maximum absolute atomic E-state index is 13.4. The van der Waals surface area contributed by atoms with E-state index in [0.29, 0.717) is 30.6 Å². The SMILES string of the molecule is CC(C)CCCCC(O)C12C[C@@H]3[C@H](C)CC[C@H]3C3(C=O)CC1C=C(C(C)C)C23C(=O)O. The van der Waals surface area contributed by atoms with Crippen molar-refractivity contribution in [3.05, 3.63) is 11.6 Å². The molecular formula is C27H42O4. The van der Waals surface area contributed by atoms with Gasteiger partial charge in [0.2, 0.25) is 0 Å². The van der Waals surface area contributed by atoms with Crippen molar-refractivity contribution in [2.75, 3.05) is 0 Å².